The molecule has 6 heteroatoms. The van der Waals surface area contributed by atoms with Gasteiger partial charge in [0.1, 0.15) is 0 Å². The minimum atomic E-state index is -0.206. The van der Waals surface area contributed by atoms with Gasteiger partial charge in [-0.15, -0.1) is 0 Å². The monoisotopic (exact) mass is 312 g/mol. The topological polar surface area (TPSA) is 78.1 Å². The van der Waals surface area contributed by atoms with Crippen LogP contribution in [0.2, 0.25) is 0 Å². The summed E-state index contributed by atoms with van der Waals surface area (Å²) in [5, 5.41) is 2.94. The third-order valence-corrected chi connectivity index (χ3v) is 4.08. The van der Waals surface area contributed by atoms with Crippen LogP contribution in [-0.2, 0) is 6.54 Å². The smallest absolute Gasteiger partial charge is 0.252 e. The molecule has 0 saturated carbocycles. The molecule has 1 saturated heterocycles. The lowest BCUT2D eigenvalue weighted by Gasteiger charge is -2.15. The lowest BCUT2D eigenvalue weighted by atomic mass is 10.1. The molecule has 120 valence electrons. The minimum Gasteiger partial charge on any atom is -0.352 e. The van der Waals surface area contributed by atoms with E-state index in [2.05, 4.69) is 20.2 Å². The van der Waals surface area contributed by atoms with E-state index in [1.165, 1.54) is 18.3 Å². The van der Waals surface area contributed by atoms with E-state index in [1.54, 1.807) is 0 Å². The van der Waals surface area contributed by atoms with E-state index in [9.17, 15) is 9.59 Å². The molecule has 1 fully saturated rings. The Morgan fingerprint density at radius 1 is 1.35 bits per heavy atom. The zero-order chi connectivity index (χ0) is 16.1. The summed E-state index contributed by atoms with van der Waals surface area (Å²) < 4.78 is 0. The molecule has 2 aromatic heterocycles. The van der Waals surface area contributed by atoms with E-state index in [-0.39, 0.29) is 11.5 Å². The van der Waals surface area contributed by atoms with Crippen LogP contribution in [0.1, 0.15) is 22.5 Å². The fraction of sp³-hybridized carbons (Fsp3) is 0.353. The van der Waals surface area contributed by atoms with Gasteiger partial charge in [-0.25, -0.2) is 0 Å². The van der Waals surface area contributed by atoms with Gasteiger partial charge in [-0.3, -0.25) is 19.5 Å². The molecule has 0 radical (unpaired) electrons. The van der Waals surface area contributed by atoms with Crippen molar-refractivity contribution < 1.29 is 4.79 Å². The third kappa shape index (κ3) is 4.26. The Bertz CT molecular complexity index is 694. The molecule has 3 heterocycles. The van der Waals surface area contributed by atoms with Gasteiger partial charge in [0.2, 0.25) is 5.56 Å². The van der Waals surface area contributed by atoms with Crippen molar-refractivity contribution in [3.63, 3.8) is 0 Å². The van der Waals surface area contributed by atoms with E-state index >= 15 is 0 Å². The van der Waals surface area contributed by atoms with Gasteiger partial charge in [-0.2, -0.15) is 0 Å². The SMILES string of the molecule is O=C(NC[C@@H]1CCN(Cc2ccccn2)C1)c1ccc(=O)[nH]c1. The number of hydrogen-bond acceptors (Lipinski definition) is 4. The molecule has 3 rings (SSSR count). The molecule has 1 amide bonds. The van der Waals surface area contributed by atoms with Crippen molar-refractivity contribution in [3.05, 3.63) is 64.3 Å². The largest absolute Gasteiger partial charge is 0.352 e. The average molecular weight is 312 g/mol. The number of pyridine rings is 2. The fourth-order valence-electron chi connectivity index (χ4n) is 2.83. The van der Waals surface area contributed by atoms with Gasteiger partial charge < -0.3 is 10.3 Å². The first kappa shape index (κ1) is 15.4. The molecule has 0 aliphatic carbocycles. The van der Waals surface area contributed by atoms with Crippen LogP contribution in [0.5, 0.6) is 0 Å². The Hall–Kier alpha value is -2.47. The molecule has 0 aromatic carbocycles. The molecule has 23 heavy (non-hydrogen) atoms. The Morgan fingerprint density at radius 2 is 2.26 bits per heavy atom. The van der Waals surface area contributed by atoms with E-state index in [0.29, 0.717) is 18.0 Å². The van der Waals surface area contributed by atoms with Crippen LogP contribution in [-0.4, -0.2) is 40.4 Å². The fourth-order valence-corrected chi connectivity index (χ4v) is 2.83. The maximum absolute atomic E-state index is 12.0. The van der Waals surface area contributed by atoms with E-state index in [1.807, 2.05) is 24.4 Å². The molecule has 2 aromatic rings. The number of carbonyl (C=O) groups excluding carboxylic acids is 1. The van der Waals surface area contributed by atoms with E-state index < -0.39 is 0 Å². The van der Waals surface area contributed by atoms with Gasteiger partial charge in [-0.05, 0) is 37.1 Å². The molecular weight excluding hydrogens is 292 g/mol. The number of rotatable bonds is 5. The summed E-state index contributed by atoms with van der Waals surface area (Å²) in [6.07, 6.45) is 4.33. The van der Waals surface area contributed by atoms with Crippen molar-refractivity contribution in [1.29, 1.82) is 0 Å². The Kier molecular flexibility index (Phi) is 4.83. The number of H-pyrrole nitrogens is 1. The summed E-state index contributed by atoms with van der Waals surface area (Å²) in [6, 6.07) is 8.85. The van der Waals surface area contributed by atoms with Crippen LogP contribution in [0.25, 0.3) is 0 Å². The van der Waals surface area contributed by atoms with Gasteiger partial charge in [0.05, 0.1) is 11.3 Å². The highest BCUT2D eigenvalue weighted by Gasteiger charge is 2.23. The Balaban J connectivity index is 1.46. The van der Waals surface area contributed by atoms with Gasteiger partial charge in [0, 0.05) is 38.1 Å². The first-order valence-electron chi connectivity index (χ1n) is 7.80. The lowest BCUT2D eigenvalue weighted by Crippen LogP contribution is -2.31. The van der Waals surface area contributed by atoms with Crippen molar-refractivity contribution >= 4 is 5.91 Å². The molecular formula is C17H20N4O2. The highest BCUT2D eigenvalue weighted by Crippen LogP contribution is 2.17. The predicted molar refractivity (Wildman–Crippen MR) is 87.0 cm³/mol. The van der Waals surface area contributed by atoms with Crippen molar-refractivity contribution in [2.45, 2.75) is 13.0 Å². The number of likely N-dealkylation sites (tertiary alicyclic amines) is 1. The maximum atomic E-state index is 12.0. The number of aromatic nitrogens is 2. The molecule has 0 unspecified atom stereocenters. The first-order valence-corrected chi connectivity index (χ1v) is 7.80. The molecule has 6 nitrogen and oxygen atoms in total. The van der Waals surface area contributed by atoms with Crippen molar-refractivity contribution in [3.8, 4) is 0 Å². The van der Waals surface area contributed by atoms with E-state index in [0.717, 1.165) is 31.7 Å². The van der Waals surface area contributed by atoms with Crippen LogP contribution in [0.3, 0.4) is 0 Å². The number of nitrogens with one attached hydrogen (secondary N) is 2. The average Bonchev–Trinajstić information content (AvgIpc) is 3.02. The van der Waals surface area contributed by atoms with Crippen molar-refractivity contribution in [2.24, 2.45) is 5.92 Å². The number of carbonyl (C=O) groups is 1. The second-order valence-electron chi connectivity index (χ2n) is 5.86. The number of hydrogen-bond donors (Lipinski definition) is 2. The molecule has 1 atom stereocenters. The Morgan fingerprint density at radius 3 is 3.00 bits per heavy atom. The molecule has 1 aliphatic rings. The Labute approximate surface area is 134 Å². The molecule has 0 spiro atoms. The van der Waals surface area contributed by atoms with Crippen LogP contribution in [0, 0.1) is 5.92 Å². The number of nitrogens with zero attached hydrogens (tertiary/aromatic N) is 2. The zero-order valence-corrected chi connectivity index (χ0v) is 12.9. The lowest BCUT2D eigenvalue weighted by molar-refractivity contribution is 0.0947. The van der Waals surface area contributed by atoms with Gasteiger partial charge >= 0.3 is 0 Å². The minimum absolute atomic E-state index is 0.149. The van der Waals surface area contributed by atoms with Crippen LogP contribution < -0.4 is 10.9 Å². The molecule has 2 N–H and O–H groups in total. The van der Waals surface area contributed by atoms with Crippen LogP contribution >= 0.6 is 0 Å². The summed E-state index contributed by atoms with van der Waals surface area (Å²) in [5.41, 5.74) is 1.35. The number of aromatic amines is 1. The maximum Gasteiger partial charge on any atom is 0.252 e. The summed E-state index contributed by atoms with van der Waals surface area (Å²) >= 11 is 0. The highest BCUT2D eigenvalue weighted by molar-refractivity contribution is 5.93. The third-order valence-electron chi connectivity index (χ3n) is 4.08. The summed E-state index contributed by atoms with van der Waals surface area (Å²) in [5.74, 6) is 0.301. The summed E-state index contributed by atoms with van der Waals surface area (Å²) in [6.45, 7) is 3.49. The standard InChI is InChI=1S/C17H20N4O2/c22-16-5-4-14(10-19-16)17(23)20-9-13-6-8-21(11-13)12-15-3-1-2-7-18-15/h1-5,7,10,13H,6,8-9,11-12H2,(H,19,22)(H,20,23)/t13-/m0/s1. The quantitative estimate of drug-likeness (QED) is 0.864. The van der Waals surface area contributed by atoms with Gasteiger partial charge in [-0.1, -0.05) is 6.07 Å². The second kappa shape index (κ2) is 7.19. The van der Waals surface area contributed by atoms with Crippen LogP contribution in [0.15, 0.2) is 47.5 Å². The van der Waals surface area contributed by atoms with Gasteiger partial charge in [0.15, 0.2) is 0 Å². The summed E-state index contributed by atoms with van der Waals surface area (Å²) in [4.78, 5) is 32.2. The zero-order valence-electron chi connectivity index (χ0n) is 12.9. The van der Waals surface area contributed by atoms with Crippen LogP contribution in [0.4, 0.5) is 0 Å². The van der Waals surface area contributed by atoms with E-state index in [4.69, 9.17) is 0 Å². The first-order chi connectivity index (χ1) is 11.2. The predicted octanol–water partition coefficient (Wildman–Crippen LogP) is 1.02. The second-order valence-corrected chi connectivity index (χ2v) is 5.86. The number of amides is 1. The highest BCUT2D eigenvalue weighted by atomic mass is 16.1. The molecule has 1 aliphatic heterocycles. The molecule has 0 bridgehead atoms. The van der Waals surface area contributed by atoms with Crippen molar-refractivity contribution in [2.75, 3.05) is 19.6 Å². The van der Waals surface area contributed by atoms with Crippen molar-refractivity contribution in [1.82, 2.24) is 20.2 Å². The summed E-state index contributed by atoms with van der Waals surface area (Å²) in [7, 11) is 0. The normalized spacial score (nSPS) is 18.0. The van der Waals surface area contributed by atoms with Gasteiger partial charge in [0.25, 0.3) is 5.91 Å².